The Morgan fingerprint density at radius 2 is 1.64 bits per heavy atom. The molecule has 0 aliphatic heterocycles. The van der Waals surface area contributed by atoms with Crippen molar-refractivity contribution < 1.29 is 29.0 Å². The van der Waals surface area contributed by atoms with Crippen molar-refractivity contribution in [3.63, 3.8) is 0 Å². The molecule has 8 nitrogen and oxygen atoms in total. The van der Waals surface area contributed by atoms with Crippen LogP contribution >= 0.6 is 0 Å². The highest BCUT2D eigenvalue weighted by molar-refractivity contribution is 5.85. The number of nitrogens with two attached hydrogens (primary N) is 1. The summed E-state index contributed by atoms with van der Waals surface area (Å²) in [5, 5.41) is 13.3. The Morgan fingerprint density at radius 3 is 2.25 bits per heavy atom. The number of methoxy groups -OCH3 is 1. The van der Waals surface area contributed by atoms with Gasteiger partial charge in [0.05, 0.1) is 20.1 Å². The van der Waals surface area contributed by atoms with Gasteiger partial charge in [-0.05, 0) is 34.4 Å². The summed E-state index contributed by atoms with van der Waals surface area (Å²) in [6, 6.07) is 20.8. The molecule has 1 aliphatic carbocycles. The van der Waals surface area contributed by atoms with Crippen molar-refractivity contribution in [2.24, 2.45) is 5.73 Å². The summed E-state index contributed by atoms with van der Waals surface area (Å²) < 4.78 is 11.4. The van der Waals surface area contributed by atoms with E-state index in [1.165, 1.54) is 0 Å². The van der Waals surface area contributed by atoms with Gasteiger partial charge in [0.2, 0.25) is 5.91 Å². The Hall–Kier alpha value is -4.33. The van der Waals surface area contributed by atoms with Crippen LogP contribution in [-0.2, 0) is 40.1 Å². The third kappa shape index (κ3) is 6.21. The first kappa shape index (κ1) is 26.3. The second-order valence-electron chi connectivity index (χ2n) is 8.56. The zero-order chi connectivity index (χ0) is 26.1. The van der Waals surface area contributed by atoms with Crippen LogP contribution in [0.25, 0.3) is 0 Å². The standard InChI is InChI=1S/C27H28N2O5.CH2O/c1-33-23-10-9-22(29-27(26(31)32)16-20-7-2-3-8-21(20)17-27)15-24(23)34-12-11-18-5-4-6-19(13-18)14-25(28)30;1-2/h2-10,13,15,29H,11-12,14,16-17H2,1H3,(H2,28,30)(H,31,32);1H2. The van der Waals surface area contributed by atoms with Gasteiger partial charge in [0, 0.05) is 31.0 Å². The van der Waals surface area contributed by atoms with Gasteiger partial charge in [-0.25, -0.2) is 4.79 Å². The predicted molar refractivity (Wildman–Crippen MR) is 136 cm³/mol. The molecule has 0 unspecified atom stereocenters. The summed E-state index contributed by atoms with van der Waals surface area (Å²) in [4.78, 5) is 31.5. The highest BCUT2D eigenvalue weighted by Gasteiger charge is 2.44. The number of nitrogens with one attached hydrogen (secondary N) is 1. The van der Waals surface area contributed by atoms with E-state index in [9.17, 15) is 14.7 Å². The van der Waals surface area contributed by atoms with E-state index >= 15 is 0 Å². The molecule has 0 spiro atoms. The lowest BCUT2D eigenvalue weighted by Crippen LogP contribution is -2.47. The van der Waals surface area contributed by atoms with Gasteiger partial charge in [-0.1, -0.05) is 48.5 Å². The molecule has 0 radical (unpaired) electrons. The number of aliphatic carboxylic acids is 1. The van der Waals surface area contributed by atoms with Crippen molar-refractivity contribution in [3.05, 3.63) is 89.0 Å². The molecule has 0 saturated carbocycles. The molecular weight excluding hydrogens is 460 g/mol. The van der Waals surface area contributed by atoms with Crippen molar-refractivity contribution in [1.82, 2.24) is 0 Å². The number of fused-ring (bicyclic) bond motifs is 1. The molecule has 0 aromatic heterocycles. The maximum atomic E-state index is 12.3. The number of anilines is 1. The quantitative estimate of drug-likeness (QED) is 0.398. The van der Waals surface area contributed by atoms with Gasteiger partial charge in [-0.3, -0.25) is 4.79 Å². The lowest BCUT2D eigenvalue weighted by atomic mass is 9.95. The van der Waals surface area contributed by atoms with Crippen molar-refractivity contribution >= 4 is 24.4 Å². The first-order valence-corrected chi connectivity index (χ1v) is 11.4. The fourth-order valence-electron chi connectivity index (χ4n) is 4.43. The molecule has 0 bridgehead atoms. The number of hydrogen-bond acceptors (Lipinski definition) is 6. The summed E-state index contributed by atoms with van der Waals surface area (Å²) in [5.74, 6) is -0.172. The first-order chi connectivity index (χ1) is 17.4. The van der Waals surface area contributed by atoms with E-state index in [-0.39, 0.29) is 12.3 Å². The van der Waals surface area contributed by atoms with E-state index < -0.39 is 11.5 Å². The number of carbonyl (C=O) groups is 3. The Bertz CT molecular complexity index is 1200. The van der Waals surface area contributed by atoms with Crippen LogP contribution in [-0.4, -0.2) is 43.0 Å². The zero-order valence-electron chi connectivity index (χ0n) is 20.2. The SMILES string of the molecule is C=O.COc1ccc(NC2(C(=O)O)Cc3ccccc3C2)cc1OCCc1cccc(CC(N)=O)c1. The normalized spacial score (nSPS) is 13.0. The lowest BCUT2D eigenvalue weighted by molar-refractivity contribution is -0.142. The average Bonchev–Trinajstić information content (AvgIpc) is 3.25. The second kappa shape index (κ2) is 11.9. The number of amides is 1. The fraction of sp³-hybridized carbons (Fsp3) is 0.250. The minimum atomic E-state index is -1.11. The molecule has 36 heavy (non-hydrogen) atoms. The predicted octanol–water partition coefficient (Wildman–Crippen LogP) is 3.19. The average molecular weight is 491 g/mol. The topological polar surface area (TPSA) is 128 Å². The number of hydrogen-bond donors (Lipinski definition) is 3. The monoisotopic (exact) mass is 490 g/mol. The van der Waals surface area contributed by atoms with Crippen LogP contribution in [0.3, 0.4) is 0 Å². The molecule has 8 heteroatoms. The van der Waals surface area contributed by atoms with Crippen LogP contribution in [0.2, 0.25) is 0 Å². The molecule has 0 fully saturated rings. The molecule has 0 saturated heterocycles. The first-order valence-electron chi connectivity index (χ1n) is 11.4. The van der Waals surface area contributed by atoms with Crippen molar-refractivity contribution in [1.29, 1.82) is 0 Å². The van der Waals surface area contributed by atoms with E-state index in [2.05, 4.69) is 5.32 Å². The third-order valence-corrected chi connectivity index (χ3v) is 6.08. The van der Waals surface area contributed by atoms with Gasteiger partial charge in [-0.2, -0.15) is 0 Å². The van der Waals surface area contributed by atoms with Crippen LogP contribution < -0.4 is 20.5 Å². The van der Waals surface area contributed by atoms with Gasteiger partial charge in [0.15, 0.2) is 11.5 Å². The molecule has 3 aromatic rings. The van der Waals surface area contributed by atoms with E-state index in [1.54, 1.807) is 25.3 Å². The summed E-state index contributed by atoms with van der Waals surface area (Å²) in [5.41, 5.74) is 8.80. The van der Waals surface area contributed by atoms with Gasteiger partial charge >= 0.3 is 5.97 Å². The largest absolute Gasteiger partial charge is 0.493 e. The van der Waals surface area contributed by atoms with Crippen LogP contribution in [0.5, 0.6) is 11.5 Å². The van der Waals surface area contributed by atoms with Gasteiger partial charge in [0.25, 0.3) is 0 Å². The Kier molecular flexibility index (Phi) is 8.67. The molecule has 3 aromatic carbocycles. The van der Waals surface area contributed by atoms with Gasteiger partial charge in [0.1, 0.15) is 12.3 Å². The van der Waals surface area contributed by atoms with Crippen LogP contribution in [0.15, 0.2) is 66.7 Å². The van der Waals surface area contributed by atoms with E-state index in [4.69, 9.17) is 20.0 Å². The molecule has 4 N–H and O–H groups in total. The molecule has 1 amide bonds. The summed E-state index contributed by atoms with van der Waals surface area (Å²) in [7, 11) is 1.56. The number of benzene rings is 3. The number of ether oxygens (including phenoxy) is 2. The zero-order valence-corrected chi connectivity index (χ0v) is 20.2. The molecule has 0 heterocycles. The number of carboxylic acid groups (broad SMARTS) is 1. The number of carboxylic acids is 1. The van der Waals surface area contributed by atoms with Crippen molar-refractivity contribution in [3.8, 4) is 11.5 Å². The minimum absolute atomic E-state index is 0.200. The van der Waals surface area contributed by atoms with Crippen LogP contribution in [0, 0.1) is 0 Å². The van der Waals surface area contributed by atoms with E-state index in [0.29, 0.717) is 43.1 Å². The number of carbonyl (C=O) groups excluding carboxylic acids is 2. The second-order valence-corrected chi connectivity index (χ2v) is 8.56. The molecule has 0 atom stereocenters. The number of primary amides is 1. The summed E-state index contributed by atoms with van der Waals surface area (Å²) in [6.07, 6.45) is 1.64. The maximum absolute atomic E-state index is 12.3. The Morgan fingerprint density at radius 1 is 0.972 bits per heavy atom. The van der Waals surface area contributed by atoms with Crippen LogP contribution in [0.1, 0.15) is 22.3 Å². The van der Waals surface area contributed by atoms with Crippen LogP contribution in [0.4, 0.5) is 5.69 Å². The summed E-state index contributed by atoms with van der Waals surface area (Å²) in [6.45, 7) is 2.38. The van der Waals surface area contributed by atoms with E-state index in [1.807, 2.05) is 55.3 Å². The molecule has 1 aliphatic rings. The fourth-order valence-corrected chi connectivity index (χ4v) is 4.43. The summed E-state index contributed by atoms with van der Waals surface area (Å²) >= 11 is 0. The van der Waals surface area contributed by atoms with Crippen molar-refractivity contribution in [2.45, 2.75) is 31.2 Å². The van der Waals surface area contributed by atoms with E-state index in [0.717, 1.165) is 22.3 Å². The maximum Gasteiger partial charge on any atom is 0.330 e. The highest BCUT2D eigenvalue weighted by atomic mass is 16.5. The molecular formula is C28H30N2O6. The molecule has 188 valence electrons. The smallest absolute Gasteiger partial charge is 0.330 e. The van der Waals surface area contributed by atoms with Gasteiger partial charge in [-0.15, -0.1) is 0 Å². The van der Waals surface area contributed by atoms with Gasteiger partial charge < -0.3 is 30.4 Å². The molecule has 4 rings (SSSR count). The Balaban J connectivity index is 0.00000176. The Labute approximate surface area is 210 Å². The third-order valence-electron chi connectivity index (χ3n) is 6.08. The lowest BCUT2D eigenvalue weighted by Gasteiger charge is -2.27. The number of rotatable bonds is 10. The minimum Gasteiger partial charge on any atom is -0.493 e. The van der Waals surface area contributed by atoms with Crippen molar-refractivity contribution in [2.75, 3.05) is 19.0 Å². The highest BCUT2D eigenvalue weighted by Crippen LogP contribution is 2.36.